The monoisotopic (exact) mass is 652 g/mol. The first kappa shape index (κ1) is 29.5. The van der Waals surface area contributed by atoms with Gasteiger partial charge in [-0.05, 0) is 93.2 Å². The zero-order chi connectivity index (χ0) is 34.1. The highest BCUT2D eigenvalue weighted by Crippen LogP contribution is 2.51. The van der Waals surface area contributed by atoms with E-state index in [0.717, 1.165) is 22.7 Å². The van der Waals surface area contributed by atoms with E-state index in [2.05, 4.69) is 205 Å². The molecule has 0 amide bonds. The van der Waals surface area contributed by atoms with Crippen LogP contribution in [0.1, 0.15) is 25.0 Å². The van der Waals surface area contributed by atoms with Gasteiger partial charge in [0.25, 0.3) is 0 Å². The van der Waals surface area contributed by atoms with E-state index in [1.54, 1.807) is 0 Å². The molecule has 0 saturated heterocycles. The Morgan fingerprint density at radius 1 is 0.412 bits per heavy atom. The van der Waals surface area contributed by atoms with Crippen molar-refractivity contribution < 1.29 is 0 Å². The summed E-state index contributed by atoms with van der Waals surface area (Å²) in [5, 5.41) is 4.97. The standard InChI is InChI=1S/C49H36N2/c1-49(2)44-24-12-8-20-38(44)43-31-35(28-29-45(43)49)50(34-17-4-3-5-18-34)46-25-13-11-23-41(46)42-32-36(30-33-16-6-7-19-37(33)42)51-47-26-14-9-21-39(47)40-22-10-15-27-48(40)51/h3-32H,1-2H3. The average Bonchev–Trinajstić information content (AvgIpc) is 3.64. The lowest BCUT2D eigenvalue weighted by Crippen LogP contribution is -2.15. The molecule has 0 N–H and O–H groups in total. The van der Waals surface area contributed by atoms with E-state index in [0.29, 0.717) is 0 Å². The minimum atomic E-state index is -0.0495. The third-order valence-electron chi connectivity index (χ3n) is 11.0. The van der Waals surface area contributed by atoms with Crippen LogP contribution in [-0.4, -0.2) is 4.57 Å². The summed E-state index contributed by atoms with van der Waals surface area (Å²) >= 11 is 0. The predicted octanol–water partition coefficient (Wildman–Crippen LogP) is 13.4. The molecule has 8 aromatic carbocycles. The number of rotatable bonds is 5. The Bertz CT molecular complexity index is 2730. The van der Waals surface area contributed by atoms with Crippen LogP contribution in [0.2, 0.25) is 0 Å². The second-order valence-corrected chi connectivity index (χ2v) is 14.2. The van der Waals surface area contributed by atoms with Gasteiger partial charge in [0.15, 0.2) is 0 Å². The minimum Gasteiger partial charge on any atom is -0.310 e. The molecule has 0 bridgehead atoms. The second kappa shape index (κ2) is 11.3. The summed E-state index contributed by atoms with van der Waals surface area (Å²) in [6, 6.07) is 66.7. The van der Waals surface area contributed by atoms with E-state index in [1.807, 2.05) is 0 Å². The van der Waals surface area contributed by atoms with E-state index < -0.39 is 0 Å². The van der Waals surface area contributed by atoms with Crippen LogP contribution in [0.25, 0.3) is 60.5 Å². The summed E-state index contributed by atoms with van der Waals surface area (Å²) in [4.78, 5) is 2.44. The number of hydrogen-bond acceptors (Lipinski definition) is 1. The molecule has 10 rings (SSSR count). The fourth-order valence-corrected chi connectivity index (χ4v) is 8.60. The van der Waals surface area contributed by atoms with Crippen LogP contribution < -0.4 is 4.90 Å². The van der Waals surface area contributed by atoms with Gasteiger partial charge >= 0.3 is 0 Å². The van der Waals surface area contributed by atoms with Crippen molar-refractivity contribution in [1.29, 1.82) is 0 Å². The highest BCUT2D eigenvalue weighted by Gasteiger charge is 2.35. The summed E-state index contributed by atoms with van der Waals surface area (Å²) < 4.78 is 2.43. The Balaban J connectivity index is 1.23. The number of anilines is 3. The molecule has 0 atom stereocenters. The third kappa shape index (κ3) is 4.50. The van der Waals surface area contributed by atoms with Gasteiger partial charge in [0.2, 0.25) is 0 Å². The van der Waals surface area contributed by atoms with E-state index in [-0.39, 0.29) is 5.41 Å². The number of benzene rings is 8. The second-order valence-electron chi connectivity index (χ2n) is 14.2. The maximum atomic E-state index is 2.44. The van der Waals surface area contributed by atoms with Gasteiger partial charge in [-0.1, -0.05) is 141 Å². The summed E-state index contributed by atoms with van der Waals surface area (Å²) in [6.07, 6.45) is 0. The Hall–Kier alpha value is -6.38. The lowest BCUT2D eigenvalue weighted by molar-refractivity contribution is 0.660. The largest absolute Gasteiger partial charge is 0.310 e. The smallest absolute Gasteiger partial charge is 0.0541 e. The molecule has 1 heterocycles. The molecule has 0 spiro atoms. The van der Waals surface area contributed by atoms with Gasteiger partial charge in [0.05, 0.1) is 16.7 Å². The van der Waals surface area contributed by atoms with Crippen LogP contribution in [0.4, 0.5) is 17.1 Å². The van der Waals surface area contributed by atoms with Gasteiger partial charge in [0.1, 0.15) is 0 Å². The lowest BCUT2D eigenvalue weighted by Gasteiger charge is -2.29. The quantitative estimate of drug-likeness (QED) is 0.180. The number of nitrogens with zero attached hydrogens (tertiary/aromatic N) is 2. The Morgan fingerprint density at radius 2 is 1.00 bits per heavy atom. The normalized spacial score (nSPS) is 13.1. The van der Waals surface area contributed by atoms with Crippen molar-refractivity contribution in [2.24, 2.45) is 0 Å². The van der Waals surface area contributed by atoms with E-state index >= 15 is 0 Å². The van der Waals surface area contributed by atoms with Crippen LogP contribution >= 0.6 is 0 Å². The number of para-hydroxylation sites is 4. The van der Waals surface area contributed by atoms with Crippen LogP contribution in [0, 0.1) is 0 Å². The molecule has 0 saturated carbocycles. The number of aromatic nitrogens is 1. The SMILES string of the molecule is CC1(C)c2ccccc2-c2cc(N(c3ccccc3)c3ccccc3-c3cc(-n4c5ccccc5c5ccccc54)cc4ccccc34)ccc21. The molecule has 2 heteroatoms. The molecule has 0 aliphatic heterocycles. The van der Waals surface area contributed by atoms with E-state index in [4.69, 9.17) is 0 Å². The van der Waals surface area contributed by atoms with Gasteiger partial charge in [-0.15, -0.1) is 0 Å². The molecular weight excluding hydrogens is 617 g/mol. The zero-order valence-electron chi connectivity index (χ0n) is 28.7. The summed E-state index contributed by atoms with van der Waals surface area (Å²) in [7, 11) is 0. The average molecular weight is 653 g/mol. The number of fused-ring (bicyclic) bond motifs is 7. The first-order chi connectivity index (χ1) is 25.1. The molecule has 0 radical (unpaired) electrons. The van der Waals surface area contributed by atoms with Crippen molar-refractivity contribution in [3.8, 4) is 27.9 Å². The van der Waals surface area contributed by atoms with Crippen molar-refractivity contribution in [3.63, 3.8) is 0 Å². The first-order valence-electron chi connectivity index (χ1n) is 17.8. The van der Waals surface area contributed by atoms with Crippen molar-refractivity contribution in [3.05, 3.63) is 193 Å². The molecule has 242 valence electrons. The Labute approximate surface area is 298 Å². The molecule has 1 aromatic heterocycles. The van der Waals surface area contributed by atoms with E-state index in [1.165, 1.54) is 66.0 Å². The van der Waals surface area contributed by atoms with Gasteiger partial charge in [0, 0.05) is 38.8 Å². The zero-order valence-corrected chi connectivity index (χ0v) is 28.7. The van der Waals surface area contributed by atoms with Crippen molar-refractivity contribution >= 4 is 49.6 Å². The molecular formula is C49H36N2. The molecule has 9 aromatic rings. The van der Waals surface area contributed by atoms with Gasteiger partial charge in [-0.25, -0.2) is 0 Å². The maximum Gasteiger partial charge on any atom is 0.0541 e. The van der Waals surface area contributed by atoms with Crippen LogP contribution in [0.5, 0.6) is 0 Å². The Kier molecular flexibility index (Phi) is 6.56. The first-order valence-corrected chi connectivity index (χ1v) is 17.8. The molecule has 0 fully saturated rings. The number of hydrogen-bond donors (Lipinski definition) is 0. The van der Waals surface area contributed by atoms with Gasteiger partial charge in [-0.3, -0.25) is 0 Å². The summed E-state index contributed by atoms with van der Waals surface area (Å²) in [5.41, 5.74) is 14.7. The fourth-order valence-electron chi connectivity index (χ4n) is 8.60. The maximum absolute atomic E-state index is 2.44. The Morgan fingerprint density at radius 3 is 1.76 bits per heavy atom. The molecule has 51 heavy (non-hydrogen) atoms. The molecule has 1 aliphatic carbocycles. The van der Waals surface area contributed by atoms with Crippen LogP contribution in [0.3, 0.4) is 0 Å². The van der Waals surface area contributed by atoms with Crippen LogP contribution in [0.15, 0.2) is 182 Å². The molecule has 0 unspecified atom stereocenters. The lowest BCUT2D eigenvalue weighted by atomic mass is 9.82. The predicted molar refractivity (Wildman–Crippen MR) is 216 cm³/mol. The highest BCUT2D eigenvalue weighted by atomic mass is 15.1. The molecule has 2 nitrogen and oxygen atoms in total. The van der Waals surface area contributed by atoms with Gasteiger partial charge in [-0.2, -0.15) is 0 Å². The van der Waals surface area contributed by atoms with E-state index in [9.17, 15) is 0 Å². The topological polar surface area (TPSA) is 8.17 Å². The fraction of sp³-hybridized carbons (Fsp3) is 0.0612. The van der Waals surface area contributed by atoms with Crippen molar-refractivity contribution in [2.45, 2.75) is 19.3 Å². The summed E-state index contributed by atoms with van der Waals surface area (Å²) in [5.74, 6) is 0. The van der Waals surface area contributed by atoms with Crippen LogP contribution in [-0.2, 0) is 5.41 Å². The van der Waals surface area contributed by atoms with Gasteiger partial charge < -0.3 is 9.47 Å². The van der Waals surface area contributed by atoms with Crippen molar-refractivity contribution in [1.82, 2.24) is 4.57 Å². The highest BCUT2D eigenvalue weighted by molar-refractivity contribution is 6.10. The summed E-state index contributed by atoms with van der Waals surface area (Å²) in [6.45, 7) is 4.69. The third-order valence-corrected chi connectivity index (χ3v) is 11.0. The molecule has 1 aliphatic rings. The minimum absolute atomic E-state index is 0.0495. The van der Waals surface area contributed by atoms with Crippen molar-refractivity contribution in [2.75, 3.05) is 4.90 Å².